The Morgan fingerprint density at radius 2 is 2.06 bits per heavy atom. The molecule has 0 amide bonds. The number of aromatic carboxylic acids is 1. The van der Waals surface area contributed by atoms with E-state index in [1.807, 2.05) is 0 Å². The van der Waals surface area contributed by atoms with Crippen molar-refractivity contribution < 1.29 is 32.5 Å². The van der Waals surface area contributed by atoms with Crippen LogP contribution in [0.4, 0.5) is 13.2 Å². The number of ether oxygens (including phenoxy) is 2. The molecule has 8 heteroatoms. The molecule has 1 aromatic rings. The Morgan fingerprint density at radius 3 is 2.56 bits per heavy atom. The van der Waals surface area contributed by atoms with Crippen LogP contribution >= 0.6 is 0 Å². The highest BCUT2D eigenvalue weighted by atomic mass is 19.4. The zero-order valence-corrected chi connectivity index (χ0v) is 9.11. The zero-order chi connectivity index (χ0) is 13.6. The zero-order valence-electron chi connectivity index (χ0n) is 9.11. The molecule has 0 saturated carbocycles. The van der Waals surface area contributed by atoms with E-state index in [9.17, 15) is 18.0 Å². The van der Waals surface area contributed by atoms with Gasteiger partial charge >= 0.3 is 12.1 Å². The standard InChI is InChI=1S/C10H10F3NO4/c11-10(12,13)6-17-3-4-18-8-2-1-7(5-14-8)9(15)16/h1-2,5H,3-4,6H2,(H,15,16). The van der Waals surface area contributed by atoms with Crippen LogP contribution in [0.5, 0.6) is 5.88 Å². The van der Waals surface area contributed by atoms with Crippen LogP contribution in [0.25, 0.3) is 0 Å². The Hall–Kier alpha value is -1.83. The van der Waals surface area contributed by atoms with Gasteiger partial charge in [-0.15, -0.1) is 0 Å². The van der Waals surface area contributed by atoms with Gasteiger partial charge in [0.1, 0.15) is 13.2 Å². The van der Waals surface area contributed by atoms with E-state index in [2.05, 4.69) is 9.72 Å². The predicted octanol–water partition coefficient (Wildman–Crippen LogP) is 1.74. The maximum atomic E-state index is 11.7. The summed E-state index contributed by atoms with van der Waals surface area (Å²) >= 11 is 0. The molecule has 0 atom stereocenters. The molecule has 5 nitrogen and oxygen atoms in total. The summed E-state index contributed by atoms with van der Waals surface area (Å²) in [4.78, 5) is 14.2. The van der Waals surface area contributed by atoms with Gasteiger partial charge in [0.05, 0.1) is 12.2 Å². The minimum atomic E-state index is -4.36. The molecule has 0 radical (unpaired) electrons. The number of carboxylic acid groups (broad SMARTS) is 1. The molecule has 1 heterocycles. The molecule has 1 rings (SSSR count). The fourth-order valence-electron chi connectivity index (χ4n) is 0.985. The van der Waals surface area contributed by atoms with Crippen LogP contribution in [0.3, 0.4) is 0 Å². The molecule has 1 N–H and O–H groups in total. The fraction of sp³-hybridized carbons (Fsp3) is 0.400. The van der Waals surface area contributed by atoms with E-state index in [0.29, 0.717) is 0 Å². The summed E-state index contributed by atoms with van der Waals surface area (Å²) < 4.78 is 44.3. The second-order valence-electron chi connectivity index (χ2n) is 3.21. The molecule has 0 saturated heterocycles. The molecule has 0 aliphatic rings. The molecule has 100 valence electrons. The van der Waals surface area contributed by atoms with Crippen LogP contribution in [-0.2, 0) is 4.74 Å². The monoisotopic (exact) mass is 265 g/mol. The van der Waals surface area contributed by atoms with Crippen LogP contribution in [0, 0.1) is 0 Å². The first-order chi connectivity index (χ1) is 8.38. The number of aromatic nitrogens is 1. The van der Waals surface area contributed by atoms with Crippen molar-refractivity contribution in [3.63, 3.8) is 0 Å². The summed E-state index contributed by atoms with van der Waals surface area (Å²) in [6.45, 7) is -1.67. The number of rotatable bonds is 6. The molecule has 0 aromatic carbocycles. The van der Waals surface area contributed by atoms with Crippen molar-refractivity contribution in [2.24, 2.45) is 0 Å². The van der Waals surface area contributed by atoms with E-state index in [1.165, 1.54) is 12.1 Å². The van der Waals surface area contributed by atoms with Gasteiger partial charge in [-0.3, -0.25) is 0 Å². The molecule has 18 heavy (non-hydrogen) atoms. The Balaban J connectivity index is 2.25. The smallest absolute Gasteiger partial charge is 0.411 e. The first kappa shape index (κ1) is 14.2. The average molecular weight is 265 g/mol. The lowest BCUT2D eigenvalue weighted by Crippen LogP contribution is -2.19. The first-order valence-corrected chi connectivity index (χ1v) is 4.85. The SMILES string of the molecule is O=C(O)c1ccc(OCCOCC(F)(F)F)nc1. The van der Waals surface area contributed by atoms with Gasteiger partial charge in [0.15, 0.2) is 0 Å². The van der Waals surface area contributed by atoms with Gasteiger partial charge in [-0.1, -0.05) is 0 Å². The molecule has 1 aromatic heterocycles. The molecule has 0 spiro atoms. The highest BCUT2D eigenvalue weighted by Gasteiger charge is 2.27. The molecule has 0 bridgehead atoms. The average Bonchev–Trinajstić information content (AvgIpc) is 2.27. The van der Waals surface area contributed by atoms with Gasteiger partial charge < -0.3 is 14.6 Å². The van der Waals surface area contributed by atoms with Gasteiger partial charge in [-0.25, -0.2) is 9.78 Å². The number of nitrogens with zero attached hydrogens (tertiary/aromatic N) is 1. The maximum absolute atomic E-state index is 11.7. The number of hydrogen-bond acceptors (Lipinski definition) is 4. The molecule has 0 fully saturated rings. The van der Waals surface area contributed by atoms with Crippen LogP contribution in [0.2, 0.25) is 0 Å². The largest absolute Gasteiger partial charge is 0.478 e. The van der Waals surface area contributed by atoms with Gasteiger partial charge in [-0.05, 0) is 6.07 Å². The van der Waals surface area contributed by atoms with Crippen LogP contribution in [0.15, 0.2) is 18.3 Å². The quantitative estimate of drug-likeness (QED) is 0.793. The highest BCUT2D eigenvalue weighted by Crippen LogP contribution is 2.14. The van der Waals surface area contributed by atoms with Crippen molar-refractivity contribution in [2.75, 3.05) is 19.8 Å². The Bertz CT molecular complexity index is 391. The number of hydrogen-bond donors (Lipinski definition) is 1. The van der Waals surface area contributed by atoms with E-state index in [1.54, 1.807) is 0 Å². The predicted molar refractivity (Wildman–Crippen MR) is 53.6 cm³/mol. The lowest BCUT2D eigenvalue weighted by atomic mass is 10.3. The van der Waals surface area contributed by atoms with Crippen molar-refractivity contribution in [1.29, 1.82) is 0 Å². The third kappa shape index (κ3) is 5.48. The summed E-state index contributed by atoms with van der Waals surface area (Å²) in [6.07, 6.45) is -3.27. The van der Waals surface area contributed by atoms with Gasteiger partial charge in [0, 0.05) is 12.3 Å². The van der Waals surface area contributed by atoms with Crippen molar-refractivity contribution in [3.05, 3.63) is 23.9 Å². The van der Waals surface area contributed by atoms with Gasteiger partial charge in [0.25, 0.3) is 0 Å². The molecule has 0 aliphatic heterocycles. The molecule has 0 unspecified atom stereocenters. The summed E-state index contributed by atoms with van der Waals surface area (Å²) in [5.41, 5.74) is -0.00401. The van der Waals surface area contributed by atoms with Crippen LogP contribution in [-0.4, -0.2) is 42.1 Å². The van der Waals surface area contributed by atoms with Crippen LogP contribution < -0.4 is 4.74 Å². The van der Waals surface area contributed by atoms with Crippen molar-refractivity contribution in [2.45, 2.75) is 6.18 Å². The van der Waals surface area contributed by atoms with E-state index in [0.717, 1.165) is 6.20 Å². The summed E-state index contributed by atoms with van der Waals surface area (Å²) in [5, 5.41) is 8.59. The third-order valence-electron chi connectivity index (χ3n) is 1.73. The molecule has 0 aliphatic carbocycles. The Morgan fingerprint density at radius 1 is 1.33 bits per heavy atom. The van der Waals surface area contributed by atoms with Gasteiger partial charge in [-0.2, -0.15) is 13.2 Å². The van der Waals surface area contributed by atoms with E-state index in [4.69, 9.17) is 9.84 Å². The number of pyridine rings is 1. The number of carboxylic acids is 1. The third-order valence-corrected chi connectivity index (χ3v) is 1.73. The first-order valence-electron chi connectivity index (χ1n) is 4.85. The van der Waals surface area contributed by atoms with Crippen molar-refractivity contribution in [1.82, 2.24) is 4.98 Å². The number of halogens is 3. The highest BCUT2D eigenvalue weighted by molar-refractivity contribution is 5.87. The molecular formula is C10H10F3NO4. The minimum Gasteiger partial charge on any atom is -0.478 e. The lowest BCUT2D eigenvalue weighted by Gasteiger charge is -2.08. The Kier molecular flexibility index (Phi) is 4.90. The van der Waals surface area contributed by atoms with Gasteiger partial charge in [0.2, 0.25) is 5.88 Å². The summed E-state index contributed by atoms with van der Waals surface area (Å²) in [6, 6.07) is 2.59. The van der Waals surface area contributed by atoms with Crippen molar-refractivity contribution in [3.8, 4) is 5.88 Å². The normalized spacial score (nSPS) is 11.3. The summed E-state index contributed by atoms with van der Waals surface area (Å²) in [7, 11) is 0. The molecular weight excluding hydrogens is 255 g/mol. The number of carbonyl (C=O) groups is 1. The Labute approximate surface area is 100 Å². The van der Waals surface area contributed by atoms with E-state index < -0.39 is 18.8 Å². The second kappa shape index (κ2) is 6.20. The maximum Gasteiger partial charge on any atom is 0.411 e. The van der Waals surface area contributed by atoms with Crippen LogP contribution in [0.1, 0.15) is 10.4 Å². The van der Waals surface area contributed by atoms with E-state index in [-0.39, 0.29) is 24.7 Å². The minimum absolute atomic E-state index is 0.00401. The fourth-order valence-corrected chi connectivity index (χ4v) is 0.985. The van der Waals surface area contributed by atoms with Crippen molar-refractivity contribution >= 4 is 5.97 Å². The summed E-state index contributed by atoms with van der Waals surface area (Å²) in [5.74, 6) is -1.00. The van der Waals surface area contributed by atoms with E-state index >= 15 is 0 Å². The topological polar surface area (TPSA) is 68.7 Å². The lowest BCUT2D eigenvalue weighted by molar-refractivity contribution is -0.175. The number of alkyl halides is 3. The second-order valence-corrected chi connectivity index (χ2v) is 3.21.